The zero-order valence-electron chi connectivity index (χ0n) is 15.7. The Morgan fingerprint density at radius 2 is 1.96 bits per heavy atom. The molecule has 140 valence electrons. The van der Waals surface area contributed by atoms with Crippen molar-refractivity contribution >= 4 is 17.6 Å². The van der Waals surface area contributed by atoms with E-state index in [4.69, 9.17) is 4.99 Å². The Balaban J connectivity index is 1.40. The largest absolute Gasteiger partial charge is 0.357 e. The molecule has 5 nitrogen and oxygen atoms in total. The molecule has 4 rings (SSSR count). The Labute approximate surface area is 156 Å². The quantitative estimate of drug-likeness (QED) is 0.645. The van der Waals surface area contributed by atoms with Crippen molar-refractivity contribution in [3.05, 3.63) is 29.8 Å². The molecule has 1 aromatic carbocycles. The summed E-state index contributed by atoms with van der Waals surface area (Å²) in [6.07, 6.45) is 6.29. The molecule has 3 unspecified atom stereocenters. The molecule has 3 aliphatic rings. The van der Waals surface area contributed by atoms with Gasteiger partial charge in [-0.15, -0.1) is 0 Å². The van der Waals surface area contributed by atoms with Crippen molar-refractivity contribution in [1.82, 2.24) is 10.2 Å². The predicted octanol–water partition coefficient (Wildman–Crippen LogP) is 3.20. The number of anilines is 1. The van der Waals surface area contributed by atoms with Crippen molar-refractivity contribution in [2.75, 3.05) is 31.5 Å². The number of amides is 1. The van der Waals surface area contributed by atoms with E-state index >= 15 is 0 Å². The highest BCUT2D eigenvalue weighted by Gasteiger charge is 2.35. The molecule has 2 fully saturated rings. The number of aliphatic imine (C=N–C) groups is 1. The molecule has 1 aliphatic carbocycles. The molecule has 26 heavy (non-hydrogen) atoms. The minimum absolute atomic E-state index is 0.0704. The highest BCUT2D eigenvalue weighted by Crippen LogP contribution is 2.36. The van der Waals surface area contributed by atoms with Crippen LogP contribution >= 0.6 is 0 Å². The molecule has 0 aromatic heterocycles. The SMILES string of the molecule is CCNC(=NCCC1C(=O)Nc2ccccc21)N1CC2CCCCC2C1. The second-order valence-corrected chi connectivity index (χ2v) is 7.86. The summed E-state index contributed by atoms with van der Waals surface area (Å²) in [5.41, 5.74) is 2.08. The Morgan fingerprint density at radius 3 is 2.69 bits per heavy atom. The first-order valence-electron chi connectivity index (χ1n) is 10.2. The molecule has 0 bridgehead atoms. The third-order valence-electron chi connectivity index (χ3n) is 6.20. The van der Waals surface area contributed by atoms with Gasteiger partial charge in [0, 0.05) is 31.9 Å². The van der Waals surface area contributed by atoms with E-state index in [1.807, 2.05) is 18.2 Å². The maximum atomic E-state index is 12.3. The fourth-order valence-corrected chi connectivity index (χ4v) is 4.87. The number of rotatable bonds is 4. The predicted molar refractivity (Wildman–Crippen MR) is 105 cm³/mol. The molecule has 1 amide bonds. The molecule has 3 atom stereocenters. The van der Waals surface area contributed by atoms with Crippen LogP contribution in [-0.2, 0) is 4.79 Å². The van der Waals surface area contributed by atoms with Gasteiger partial charge in [0.15, 0.2) is 5.96 Å². The number of carbonyl (C=O) groups excluding carboxylic acids is 1. The molecule has 5 heteroatoms. The normalized spacial score (nSPS) is 27.9. The van der Waals surface area contributed by atoms with E-state index in [1.54, 1.807) is 0 Å². The van der Waals surface area contributed by atoms with Gasteiger partial charge in [-0.25, -0.2) is 0 Å². The third-order valence-corrected chi connectivity index (χ3v) is 6.20. The zero-order valence-corrected chi connectivity index (χ0v) is 15.7. The van der Waals surface area contributed by atoms with Gasteiger partial charge in [0.25, 0.3) is 0 Å². The Kier molecular flexibility index (Phi) is 5.14. The summed E-state index contributed by atoms with van der Waals surface area (Å²) >= 11 is 0. The molecule has 2 heterocycles. The monoisotopic (exact) mass is 354 g/mol. The van der Waals surface area contributed by atoms with E-state index in [2.05, 4.69) is 28.5 Å². The van der Waals surface area contributed by atoms with Crippen molar-refractivity contribution < 1.29 is 4.79 Å². The van der Waals surface area contributed by atoms with E-state index in [9.17, 15) is 4.79 Å². The molecule has 1 saturated carbocycles. The number of para-hydroxylation sites is 1. The lowest BCUT2D eigenvalue weighted by molar-refractivity contribution is -0.117. The van der Waals surface area contributed by atoms with Crippen LogP contribution in [0.15, 0.2) is 29.3 Å². The van der Waals surface area contributed by atoms with Crippen LogP contribution in [0.25, 0.3) is 0 Å². The topological polar surface area (TPSA) is 56.7 Å². The number of likely N-dealkylation sites (tertiary alicyclic amines) is 1. The minimum Gasteiger partial charge on any atom is -0.357 e. The third kappa shape index (κ3) is 3.44. The summed E-state index contributed by atoms with van der Waals surface area (Å²) in [5, 5.41) is 6.45. The van der Waals surface area contributed by atoms with Gasteiger partial charge in [0.2, 0.25) is 5.91 Å². The summed E-state index contributed by atoms with van der Waals surface area (Å²) in [6.45, 7) is 5.98. The average molecular weight is 354 g/mol. The van der Waals surface area contributed by atoms with Crippen molar-refractivity contribution in [2.24, 2.45) is 16.8 Å². The molecule has 1 saturated heterocycles. The number of hydrogen-bond acceptors (Lipinski definition) is 2. The summed E-state index contributed by atoms with van der Waals surface area (Å²) in [5.74, 6) is 2.77. The van der Waals surface area contributed by atoms with Gasteiger partial charge in [-0.05, 0) is 49.7 Å². The first-order valence-corrected chi connectivity index (χ1v) is 10.2. The standard InChI is InChI=1S/C21H30N4O/c1-2-22-21(25-13-15-7-3-4-8-16(15)14-25)23-12-11-18-17-9-5-6-10-19(17)24-20(18)26/h5-6,9-10,15-16,18H,2-4,7-8,11-14H2,1H3,(H,22,23)(H,24,26). The molecular formula is C21H30N4O. The number of hydrogen-bond donors (Lipinski definition) is 2. The number of carbonyl (C=O) groups is 1. The molecule has 0 spiro atoms. The first-order chi connectivity index (χ1) is 12.8. The van der Waals surface area contributed by atoms with Crippen LogP contribution in [0.1, 0.15) is 50.5 Å². The van der Waals surface area contributed by atoms with Gasteiger partial charge in [-0.1, -0.05) is 31.0 Å². The summed E-state index contributed by atoms with van der Waals surface area (Å²) in [7, 11) is 0. The highest BCUT2D eigenvalue weighted by atomic mass is 16.2. The zero-order chi connectivity index (χ0) is 17.9. The lowest BCUT2D eigenvalue weighted by Gasteiger charge is -2.22. The number of benzene rings is 1. The maximum absolute atomic E-state index is 12.3. The minimum atomic E-state index is -0.0704. The molecular weight excluding hydrogens is 324 g/mol. The molecule has 2 N–H and O–H groups in total. The fourth-order valence-electron chi connectivity index (χ4n) is 4.87. The van der Waals surface area contributed by atoms with Gasteiger partial charge in [0.1, 0.15) is 0 Å². The molecule has 0 radical (unpaired) electrons. The average Bonchev–Trinajstić information content (AvgIpc) is 3.22. The van der Waals surface area contributed by atoms with E-state index < -0.39 is 0 Å². The van der Waals surface area contributed by atoms with Crippen molar-refractivity contribution in [1.29, 1.82) is 0 Å². The summed E-state index contributed by atoms with van der Waals surface area (Å²) in [4.78, 5) is 19.6. The highest BCUT2D eigenvalue weighted by molar-refractivity contribution is 6.02. The lowest BCUT2D eigenvalue weighted by atomic mass is 9.82. The van der Waals surface area contributed by atoms with Crippen LogP contribution in [0.4, 0.5) is 5.69 Å². The van der Waals surface area contributed by atoms with Crippen molar-refractivity contribution in [2.45, 2.75) is 44.9 Å². The Hall–Kier alpha value is -2.04. The van der Waals surface area contributed by atoms with Crippen LogP contribution in [0.3, 0.4) is 0 Å². The van der Waals surface area contributed by atoms with Gasteiger partial charge in [-0.3, -0.25) is 9.79 Å². The first kappa shape index (κ1) is 17.4. The Bertz CT molecular complexity index is 672. The van der Waals surface area contributed by atoms with Crippen LogP contribution in [-0.4, -0.2) is 42.9 Å². The van der Waals surface area contributed by atoms with Gasteiger partial charge in [0.05, 0.1) is 5.92 Å². The number of fused-ring (bicyclic) bond motifs is 2. The van der Waals surface area contributed by atoms with Crippen LogP contribution < -0.4 is 10.6 Å². The van der Waals surface area contributed by atoms with Crippen molar-refractivity contribution in [3.63, 3.8) is 0 Å². The second kappa shape index (κ2) is 7.68. The van der Waals surface area contributed by atoms with E-state index in [-0.39, 0.29) is 11.8 Å². The number of nitrogens with zero attached hydrogens (tertiary/aromatic N) is 2. The van der Waals surface area contributed by atoms with Crippen LogP contribution in [0.2, 0.25) is 0 Å². The van der Waals surface area contributed by atoms with Gasteiger partial charge >= 0.3 is 0 Å². The Morgan fingerprint density at radius 1 is 1.23 bits per heavy atom. The number of nitrogens with one attached hydrogen (secondary N) is 2. The van der Waals surface area contributed by atoms with Gasteiger partial charge < -0.3 is 15.5 Å². The summed E-state index contributed by atoms with van der Waals surface area (Å²) in [6, 6.07) is 8.01. The summed E-state index contributed by atoms with van der Waals surface area (Å²) < 4.78 is 0. The second-order valence-electron chi connectivity index (χ2n) is 7.86. The fraction of sp³-hybridized carbons (Fsp3) is 0.619. The number of guanidine groups is 1. The van der Waals surface area contributed by atoms with E-state index in [0.29, 0.717) is 6.54 Å². The van der Waals surface area contributed by atoms with Gasteiger partial charge in [-0.2, -0.15) is 0 Å². The maximum Gasteiger partial charge on any atom is 0.232 e. The lowest BCUT2D eigenvalue weighted by Crippen LogP contribution is -2.40. The van der Waals surface area contributed by atoms with E-state index in [0.717, 1.165) is 55.1 Å². The molecule has 2 aliphatic heterocycles. The smallest absolute Gasteiger partial charge is 0.232 e. The van der Waals surface area contributed by atoms with Crippen LogP contribution in [0, 0.1) is 11.8 Å². The van der Waals surface area contributed by atoms with Crippen molar-refractivity contribution in [3.8, 4) is 0 Å². The van der Waals surface area contributed by atoms with Crippen LogP contribution in [0.5, 0.6) is 0 Å². The molecule has 1 aromatic rings. The van der Waals surface area contributed by atoms with E-state index in [1.165, 1.54) is 25.7 Å².